The summed E-state index contributed by atoms with van der Waals surface area (Å²) in [5.74, 6) is 0. The van der Waals surface area contributed by atoms with Gasteiger partial charge in [0.2, 0.25) is 11.0 Å². The number of nitrogens with zero attached hydrogens (tertiary/aromatic N) is 2. The second-order valence-electron chi connectivity index (χ2n) is 7.65. The Labute approximate surface area is 215 Å². The number of rotatable bonds is 13. The van der Waals surface area contributed by atoms with Gasteiger partial charge < -0.3 is 48.0 Å². The van der Waals surface area contributed by atoms with Gasteiger partial charge in [-0.15, -0.1) is 0 Å². The van der Waals surface area contributed by atoms with E-state index < -0.39 is 0 Å². The van der Waals surface area contributed by atoms with Crippen molar-refractivity contribution >= 4 is 22.7 Å². The number of unbranched alkanes of at least 4 members (excludes halogenated alkanes) is 9. The van der Waals surface area contributed by atoms with Gasteiger partial charge in [0.1, 0.15) is 13.1 Å². The van der Waals surface area contributed by atoms with Crippen molar-refractivity contribution in [3.8, 4) is 0 Å². The van der Waals surface area contributed by atoms with E-state index >= 15 is 0 Å². The zero-order valence-electron chi connectivity index (χ0n) is 18.1. The molecule has 0 fully saturated rings. The molecule has 28 heavy (non-hydrogen) atoms. The fraction of sp³-hybridized carbons (Fsp3) is 0.727. The molecule has 0 amide bonds. The van der Waals surface area contributed by atoms with Crippen LogP contribution in [0.15, 0.2) is 11.0 Å². The van der Waals surface area contributed by atoms with E-state index in [1.165, 1.54) is 98.4 Å². The van der Waals surface area contributed by atoms with Crippen molar-refractivity contribution < 1.29 is 57.1 Å². The molecular weight excluding hydrogens is 610 g/mol. The molecule has 162 valence electrons. The molecule has 2 aromatic heterocycles. The molecule has 0 bridgehead atoms. The molecular formula is C22H38I2N2S2. The topological polar surface area (TPSA) is 7.76 Å². The van der Waals surface area contributed by atoms with Gasteiger partial charge in [0, 0.05) is 26.7 Å². The molecule has 0 N–H and O–H groups in total. The van der Waals surface area contributed by atoms with Crippen LogP contribution in [0.1, 0.15) is 85.4 Å². The highest BCUT2D eigenvalue weighted by Gasteiger charge is 2.11. The van der Waals surface area contributed by atoms with Gasteiger partial charge in [-0.2, -0.15) is 9.13 Å². The highest BCUT2D eigenvalue weighted by atomic mass is 127. The average Bonchev–Trinajstić information content (AvgIpc) is 3.12. The normalized spacial score (nSPS) is 10.6. The molecule has 2 heterocycles. The molecule has 0 saturated heterocycles. The van der Waals surface area contributed by atoms with Gasteiger partial charge in [-0.05, 0) is 26.7 Å². The van der Waals surface area contributed by atoms with E-state index in [1.54, 1.807) is 0 Å². The van der Waals surface area contributed by atoms with E-state index in [4.69, 9.17) is 0 Å². The van der Waals surface area contributed by atoms with Crippen molar-refractivity contribution in [2.75, 3.05) is 0 Å². The Kier molecular flexibility index (Phi) is 16.8. The van der Waals surface area contributed by atoms with Crippen LogP contribution in [-0.4, -0.2) is 0 Å². The van der Waals surface area contributed by atoms with Crippen LogP contribution in [0.3, 0.4) is 0 Å². The van der Waals surface area contributed by atoms with Crippen LogP contribution < -0.4 is 57.1 Å². The van der Waals surface area contributed by atoms with Crippen LogP contribution in [-0.2, 0) is 13.1 Å². The van der Waals surface area contributed by atoms with Gasteiger partial charge in [-0.3, -0.25) is 0 Å². The minimum Gasteiger partial charge on any atom is -1.00 e. The van der Waals surface area contributed by atoms with E-state index in [1.807, 2.05) is 22.7 Å². The SMILES string of the molecule is Cc1sc[n+](CCCCCCCCCCCC[n+]2csc(C)c2C)c1C.[I-].[I-]. The van der Waals surface area contributed by atoms with Crippen LogP contribution in [0.2, 0.25) is 0 Å². The molecule has 0 atom stereocenters. The number of hydrogen-bond donors (Lipinski definition) is 0. The molecule has 0 radical (unpaired) electrons. The molecule has 0 aromatic carbocycles. The average molecular weight is 649 g/mol. The zero-order valence-corrected chi connectivity index (χ0v) is 24.1. The van der Waals surface area contributed by atoms with E-state index in [0.717, 1.165) is 0 Å². The Morgan fingerprint density at radius 1 is 0.536 bits per heavy atom. The monoisotopic (exact) mass is 648 g/mol. The van der Waals surface area contributed by atoms with Crippen molar-refractivity contribution in [2.45, 2.75) is 105 Å². The summed E-state index contributed by atoms with van der Waals surface area (Å²) in [6.07, 6.45) is 14.0. The molecule has 0 aliphatic heterocycles. The first-order valence-electron chi connectivity index (χ1n) is 10.5. The van der Waals surface area contributed by atoms with Crippen LogP contribution >= 0.6 is 22.7 Å². The third-order valence-electron chi connectivity index (χ3n) is 5.64. The number of halogens is 2. The Bertz CT molecular complexity index is 597. The van der Waals surface area contributed by atoms with Crippen molar-refractivity contribution in [3.63, 3.8) is 0 Å². The van der Waals surface area contributed by atoms with E-state index in [9.17, 15) is 0 Å². The zero-order chi connectivity index (χ0) is 18.8. The van der Waals surface area contributed by atoms with Crippen LogP contribution in [0.4, 0.5) is 0 Å². The van der Waals surface area contributed by atoms with Gasteiger partial charge in [0.25, 0.3) is 0 Å². The molecule has 0 unspecified atom stereocenters. The lowest BCUT2D eigenvalue weighted by molar-refractivity contribution is -0.698. The van der Waals surface area contributed by atoms with E-state index in [-0.39, 0.29) is 48.0 Å². The van der Waals surface area contributed by atoms with Crippen LogP contribution in [0.5, 0.6) is 0 Å². The van der Waals surface area contributed by atoms with E-state index in [0.29, 0.717) is 0 Å². The third-order valence-corrected chi connectivity index (χ3v) is 7.66. The van der Waals surface area contributed by atoms with Gasteiger partial charge in [0.15, 0.2) is 11.4 Å². The summed E-state index contributed by atoms with van der Waals surface area (Å²) < 4.78 is 4.86. The van der Waals surface area contributed by atoms with E-state index in [2.05, 4.69) is 47.9 Å². The summed E-state index contributed by atoms with van der Waals surface area (Å²) in [7, 11) is 0. The van der Waals surface area contributed by atoms with Crippen LogP contribution in [0.25, 0.3) is 0 Å². The molecule has 2 aromatic rings. The highest BCUT2D eigenvalue weighted by Crippen LogP contribution is 2.13. The van der Waals surface area contributed by atoms with Gasteiger partial charge in [-0.25, -0.2) is 0 Å². The Balaban J connectivity index is 0.00000364. The fourth-order valence-electron chi connectivity index (χ4n) is 3.44. The van der Waals surface area contributed by atoms with Crippen molar-refractivity contribution in [3.05, 3.63) is 32.2 Å². The first kappa shape index (κ1) is 28.7. The molecule has 0 spiro atoms. The van der Waals surface area contributed by atoms with Gasteiger partial charge in [0.05, 0.1) is 9.75 Å². The fourth-order valence-corrected chi connectivity index (χ4v) is 5.11. The minimum atomic E-state index is 0. The molecule has 6 heteroatoms. The van der Waals surface area contributed by atoms with Crippen molar-refractivity contribution in [1.29, 1.82) is 0 Å². The summed E-state index contributed by atoms with van der Waals surface area (Å²) in [5.41, 5.74) is 7.48. The van der Waals surface area contributed by atoms with Crippen molar-refractivity contribution in [1.82, 2.24) is 0 Å². The Morgan fingerprint density at radius 2 is 0.821 bits per heavy atom. The summed E-state index contributed by atoms with van der Waals surface area (Å²) in [4.78, 5) is 2.92. The number of aryl methyl sites for hydroxylation is 4. The largest absolute Gasteiger partial charge is 1.00 e. The predicted molar refractivity (Wildman–Crippen MR) is 114 cm³/mol. The maximum absolute atomic E-state index is 2.43. The summed E-state index contributed by atoms with van der Waals surface area (Å²) >= 11 is 3.75. The third kappa shape index (κ3) is 10.2. The smallest absolute Gasteiger partial charge is 0.225 e. The first-order chi connectivity index (χ1) is 12.6. The second-order valence-corrected chi connectivity index (χ2v) is 9.77. The lowest BCUT2D eigenvalue weighted by Crippen LogP contribution is -3.00. The molecule has 2 rings (SSSR count). The molecule has 0 aliphatic carbocycles. The molecule has 0 saturated carbocycles. The standard InChI is InChI=1S/C22H38N2S2.2HI/c1-19-21(3)25-17-23(19)15-13-11-9-7-5-6-8-10-12-14-16-24-18-26-22(4)20(24)2;;/h17-18H,5-16H2,1-4H3;2*1H/q+2;;/p-2. The highest BCUT2D eigenvalue weighted by molar-refractivity contribution is 7.09. The summed E-state index contributed by atoms with van der Waals surface area (Å²) in [6.45, 7) is 11.3. The second kappa shape index (κ2) is 16.4. The Hall–Kier alpha value is 0.720. The quantitative estimate of drug-likeness (QED) is 0.167. The minimum absolute atomic E-state index is 0. The summed E-state index contributed by atoms with van der Waals surface area (Å²) in [5, 5.41) is 0. The maximum atomic E-state index is 2.43. The van der Waals surface area contributed by atoms with Gasteiger partial charge >= 0.3 is 0 Å². The molecule has 2 nitrogen and oxygen atoms in total. The lowest BCUT2D eigenvalue weighted by atomic mass is 10.1. The number of aromatic nitrogens is 2. The van der Waals surface area contributed by atoms with Crippen molar-refractivity contribution in [2.24, 2.45) is 0 Å². The van der Waals surface area contributed by atoms with Gasteiger partial charge in [-0.1, -0.05) is 61.2 Å². The van der Waals surface area contributed by atoms with Crippen LogP contribution in [0, 0.1) is 27.7 Å². The Morgan fingerprint density at radius 3 is 1.07 bits per heavy atom. The lowest BCUT2D eigenvalue weighted by Gasteiger charge is -2.02. The number of thiazole rings is 2. The maximum Gasteiger partial charge on any atom is 0.225 e. The first-order valence-corrected chi connectivity index (χ1v) is 12.2. The predicted octanol–water partition coefficient (Wildman–Crippen LogP) is 0.227. The summed E-state index contributed by atoms with van der Waals surface area (Å²) in [6, 6.07) is 0. The number of hydrogen-bond acceptors (Lipinski definition) is 2. The molecule has 0 aliphatic rings.